The highest BCUT2D eigenvalue weighted by Gasteiger charge is 2.15. The lowest BCUT2D eigenvalue weighted by Crippen LogP contribution is -1.89. The minimum atomic E-state index is 0.493. The van der Waals surface area contributed by atoms with Crippen molar-refractivity contribution in [2.45, 2.75) is 0 Å². The summed E-state index contributed by atoms with van der Waals surface area (Å²) in [6.45, 7) is 0. The Balaban J connectivity index is 1.47. The van der Waals surface area contributed by atoms with Crippen molar-refractivity contribution < 1.29 is 0 Å². The van der Waals surface area contributed by atoms with Gasteiger partial charge in [-0.25, -0.2) is 4.98 Å². The van der Waals surface area contributed by atoms with Crippen LogP contribution < -0.4 is 11.5 Å². The van der Waals surface area contributed by atoms with E-state index in [0.29, 0.717) is 22.7 Å². The minimum absolute atomic E-state index is 0.493. The molecule has 0 bridgehead atoms. The van der Waals surface area contributed by atoms with Gasteiger partial charge in [0.2, 0.25) is 0 Å². The maximum Gasteiger partial charge on any atom is 0.138 e. The normalized spacial score (nSPS) is 11.2. The van der Waals surface area contributed by atoms with E-state index < -0.39 is 0 Å². The van der Waals surface area contributed by atoms with Crippen molar-refractivity contribution in [1.29, 1.82) is 0 Å². The molecule has 5 rings (SSSR count). The summed E-state index contributed by atoms with van der Waals surface area (Å²) in [5, 5.41) is 8.53. The highest BCUT2D eigenvalue weighted by atomic mass is 15.1. The molecule has 4 aromatic carbocycles. The molecule has 0 atom stereocenters. The molecule has 160 valence electrons. The van der Waals surface area contributed by atoms with Crippen LogP contribution in [-0.2, 0) is 0 Å². The smallest absolute Gasteiger partial charge is 0.138 e. The van der Waals surface area contributed by atoms with Crippen LogP contribution in [0, 0.1) is 0 Å². The second kappa shape index (κ2) is 8.80. The molecule has 0 fully saturated rings. The lowest BCUT2D eigenvalue weighted by Gasteiger charge is -2.02. The van der Waals surface area contributed by atoms with Crippen molar-refractivity contribution >= 4 is 22.7 Å². The number of azo groups is 1. The van der Waals surface area contributed by atoms with E-state index in [4.69, 9.17) is 16.5 Å². The summed E-state index contributed by atoms with van der Waals surface area (Å²) < 4.78 is 0. The first-order valence-corrected chi connectivity index (χ1v) is 10.6. The van der Waals surface area contributed by atoms with Crippen molar-refractivity contribution in [3.63, 3.8) is 0 Å². The molecular formula is C27H22N6. The van der Waals surface area contributed by atoms with E-state index in [9.17, 15) is 0 Å². The number of H-pyrrole nitrogens is 1. The molecule has 0 saturated carbocycles. The Morgan fingerprint density at radius 3 is 1.97 bits per heavy atom. The molecule has 0 aliphatic carbocycles. The zero-order valence-corrected chi connectivity index (χ0v) is 17.8. The van der Waals surface area contributed by atoms with Crippen LogP contribution in [0.15, 0.2) is 113 Å². The Hall–Kier alpha value is -4.71. The first-order chi connectivity index (χ1) is 16.2. The summed E-state index contributed by atoms with van der Waals surface area (Å²) in [6, 6.07) is 33.3. The molecule has 0 amide bonds. The largest absolute Gasteiger partial charge is 0.399 e. The van der Waals surface area contributed by atoms with E-state index >= 15 is 0 Å². The van der Waals surface area contributed by atoms with Gasteiger partial charge in [-0.15, -0.1) is 5.11 Å². The molecule has 1 heterocycles. The fourth-order valence-corrected chi connectivity index (χ4v) is 3.59. The van der Waals surface area contributed by atoms with Crippen LogP contribution >= 0.6 is 0 Å². The van der Waals surface area contributed by atoms with Crippen molar-refractivity contribution in [2.75, 3.05) is 11.5 Å². The predicted octanol–water partition coefficient (Wildman–Crippen LogP) is 6.99. The van der Waals surface area contributed by atoms with E-state index in [1.807, 2.05) is 60.7 Å². The Kier molecular flexibility index (Phi) is 5.39. The summed E-state index contributed by atoms with van der Waals surface area (Å²) in [5.74, 6) is 0.791. The summed E-state index contributed by atoms with van der Waals surface area (Å²) in [7, 11) is 0. The Morgan fingerprint density at radius 1 is 0.636 bits per heavy atom. The third-order valence-electron chi connectivity index (χ3n) is 5.28. The number of aromatic nitrogens is 2. The standard InChI is InChI=1S/C27H22N6/c28-21-13-16-24(23(29)17-21)33-32-22-14-11-20(12-15-22)27-30-25(18-7-3-1-4-8-18)26(31-27)19-9-5-2-6-10-19/h1-17H,28-29H2,(H,30,31). The molecule has 33 heavy (non-hydrogen) atoms. The predicted molar refractivity (Wildman–Crippen MR) is 134 cm³/mol. The number of benzene rings is 4. The molecule has 0 radical (unpaired) electrons. The van der Waals surface area contributed by atoms with Crippen molar-refractivity contribution in [1.82, 2.24) is 9.97 Å². The Bertz CT molecular complexity index is 1350. The fourth-order valence-electron chi connectivity index (χ4n) is 3.59. The summed E-state index contributed by atoms with van der Waals surface area (Å²) in [4.78, 5) is 8.44. The number of anilines is 2. The van der Waals surface area contributed by atoms with Crippen molar-refractivity contribution in [2.24, 2.45) is 10.2 Å². The Morgan fingerprint density at radius 2 is 1.30 bits per heavy atom. The van der Waals surface area contributed by atoms with Gasteiger partial charge in [0.15, 0.2) is 0 Å². The molecule has 5 aromatic rings. The van der Waals surface area contributed by atoms with Crippen LogP contribution in [0.4, 0.5) is 22.7 Å². The second-order valence-corrected chi connectivity index (χ2v) is 7.61. The molecule has 0 aliphatic heterocycles. The van der Waals surface area contributed by atoms with E-state index in [2.05, 4.69) is 39.5 Å². The molecular weight excluding hydrogens is 408 g/mol. The first-order valence-electron chi connectivity index (χ1n) is 10.6. The number of nitrogen functional groups attached to an aromatic ring is 2. The highest BCUT2D eigenvalue weighted by Crippen LogP contribution is 2.33. The average molecular weight is 431 g/mol. The lowest BCUT2D eigenvalue weighted by atomic mass is 10.1. The van der Waals surface area contributed by atoms with Crippen LogP contribution in [-0.4, -0.2) is 9.97 Å². The number of rotatable bonds is 5. The number of hydrogen-bond donors (Lipinski definition) is 3. The number of nitrogens with two attached hydrogens (primary N) is 2. The van der Waals surface area contributed by atoms with Crippen LogP contribution in [0.1, 0.15) is 0 Å². The van der Waals surface area contributed by atoms with Crippen LogP contribution in [0.2, 0.25) is 0 Å². The maximum absolute atomic E-state index is 5.95. The zero-order valence-electron chi connectivity index (χ0n) is 17.8. The number of nitrogens with one attached hydrogen (secondary N) is 1. The molecule has 0 aliphatic rings. The number of hydrogen-bond acceptors (Lipinski definition) is 5. The SMILES string of the molecule is Nc1ccc(N=Nc2ccc(-c3nc(-c4ccccc4)c(-c4ccccc4)[nH]3)cc2)c(N)c1. The molecule has 6 nitrogen and oxygen atoms in total. The van der Waals surface area contributed by atoms with Gasteiger partial charge in [0.1, 0.15) is 11.5 Å². The molecule has 6 heteroatoms. The lowest BCUT2D eigenvalue weighted by molar-refractivity contribution is 1.23. The van der Waals surface area contributed by atoms with Gasteiger partial charge in [-0.3, -0.25) is 0 Å². The zero-order chi connectivity index (χ0) is 22.6. The maximum atomic E-state index is 5.95. The summed E-state index contributed by atoms with van der Waals surface area (Å²) in [6.07, 6.45) is 0. The highest BCUT2D eigenvalue weighted by molar-refractivity contribution is 5.81. The van der Waals surface area contributed by atoms with Gasteiger partial charge in [-0.1, -0.05) is 60.7 Å². The summed E-state index contributed by atoms with van der Waals surface area (Å²) >= 11 is 0. The van der Waals surface area contributed by atoms with Gasteiger partial charge in [0, 0.05) is 22.4 Å². The monoisotopic (exact) mass is 430 g/mol. The van der Waals surface area contributed by atoms with Gasteiger partial charge in [-0.05, 0) is 42.5 Å². The summed E-state index contributed by atoms with van der Waals surface area (Å²) in [5.41, 5.74) is 19.1. The number of nitrogens with zero attached hydrogens (tertiary/aromatic N) is 3. The van der Waals surface area contributed by atoms with Gasteiger partial charge in [-0.2, -0.15) is 5.11 Å². The molecule has 0 spiro atoms. The average Bonchev–Trinajstić information content (AvgIpc) is 3.31. The molecule has 5 N–H and O–H groups in total. The third-order valence-corrected chi connectivity index (χ3v) is 5.28. The number of imidazole rings is 1. The fraction of sp³-hybridized carbons (Fsp3) is 0. The third kappa shape index (κ3) is 4.36. The van der Waals surface area contributed by atoms with E-state index in [1.54, 1.807) is 18.2 Å². The topological polar surface area (TPSA) is 105 Å². The van der Waals surface area contributed by atoms with E-state index in [1.165, 1.54) is 0 Å². The van der Waals surface area contributed by atoms with Crippen molar-refractivity contribution in [3.05, 3.63) is 103 Å². The van der Waals surface area contributed by atoms with Crippen LogP contribution in [0.3, 0.4) is 0 Å². The first kappa shape index (κ1) is 20.2. The minimum Gasteiger partial charge on any atom is -0.399 e. The van der Waals surface area contributed by atoms with Gasteiger partial charge >= 0.3 is 0 Å². The van der Waals surface area contributed by atoms with Crippen LogP contribution in [0.25, 0.3) is 33.9 Å². The van der Waals surface area contributed by atoms with E-state index in [-0.39, 0.29) is 0 Å². The Labute approximate surface area is 191 Å². The van der Waals surface area contributed by atoms with Crippen molar-refractivity contribution in [3.8, 4) is 33.9 Å². The van der Waals surface area contributed by atoms with Gasteiger partial charge in [0.25, 0.3) is 0 Å². The molecule has 0 unspecified atom stereocenters. The second-order valence-electron chi connectivity index (χ2n) is 7.61. The number of aromatic amines is 1. The van der Waals surface area contributed by atoms with Crippen LogP contribution in [0.5, 0.6) is 0 Å². The van der Waals surface area contributed by atoms with Gasteiger partial charge < -0.3 is 16.5 Å². The quantitative estimate of drug-likeness (QED) is 0.207. The molecule has 1 aromatic heterocycles. The molecule has 0 saturated heterocycles. The van der Waals surface area contributed by atoms with E-state index in [0.717, 1.165) is 33.9 Å². The van der Waals surface area contributed by atoms with Gasteiger partial charge in [0.05, 0.1) is 22.8 Å².